The minimum atomic E-state index is 0.489. The molecule has 2 aliphatic rings. The molecular weight excluding hydrogens is 148 g/mol. The number of rotatable bonds is 1. The van der Waals surface area contributed by atoms with Gasteiger partial charge in [-0.25, -0.2) is 0 Å². The van der Waals surface area contributed by atoms with E-state index in [0.717, 1.165) is 12.8 Å². The summed E-state index contributed by atoms with van der Waals surface area (Å²) >= 11 is 0. The molecule has 1 nitrogen and oxygen atoms in total. The van der Waals surface area contributed by atoms with Crippen LogP contribution in [0.2, 0.25) is 0 Å². The second kappa shape index (κ2) is 3.04. The molecule has 0 saturated heterocycles. The van der Waals surface area contributed by atoms with Crippen LogP contribution in [0.1, 0.15) is 39.0 Å². The Morgan fingerprint density at radius 3 is 2.92 bits per heavy atom. The van der Waals surface area contributed by atoms with Crippen LogP contribution >= 0.6 is 0 Å². The minimum absolute atomic E-state index is 0.489. The average molecular weight is 164 g/mol. The normalized spacial score (nSPS) is 34.8. The highest BCUT2D eigenvalue weighted by Crippen LogP contribution is 2.37. The second-order valence-corrected chi connectivity index (χ2v) is 4.19. The van der Waals surface area contributed by atoms with Crippen molar-refractivity contribution in [3.8, 4) is 0 Å². The third-order valence-corrected chi connectivity index (χ3v) is 3.12. The predicted octanol–water partition coefficient (Wildman–Crippen LogP) is 2.71. The first-order valence-electron chi connectivity index (χ1n) is 4.99. The van der Waals surface area contributed by atoms with Crippen molar-refractivity contribution in [3.05, 3.63) is 11.6 Å². The number of Topliss-reactive ketones (excluding diaryl/α,β-unsaturated/α-hetero) is 1. The molecule has 12 heavy (non-hydrogen) atoms. The summed E-state index contributed by atoms with van der Waals surface area (Å²) in [4.78, 5) is 11.2. The topological polar surface area (TPSA) is 17.1 Å². The van der Waals surface area contributed by atoms with E-state index < -0.39 is 0 Å². The van der Waals surface area contributed by atoms with E-state index in [2.05, 4.69) is 13.0 Å². The second-order valence-electron chi connectivity index (χ2n) is 4.19. The zero-order valence-corrected chi connectivity index (χ0v) is 7.68. The van der Waals surface area contributed by atoms with Gasteiger partial charge in [0.25, 0.3) is 0 Å². The smallest absolute Gasteiger partial charge is 0.133 e. The summed E-state index contributed by atoms with van der Waals surface area (Å²) in [7, 11) is 0. The molecule has 0 aromatic rings. The summed E-state index contributed by atoms with van der Waals surface area (Å²) in [6.45, 7) is 2.22. The third-order valence-electron chi connectivity index (χ3n) is 3.12. The van der Waals surface area contributed by atoms with Crippen molar-refractivity contribution in [1.82, 2.24) is 0 Å². The lowest BCUT2D eigenvalue weighted by Crippen LogP contribution is -2.25. The summed E-state index contributed by atoms with van der Waals surface area (Å²) in [5, 5.41) is 0. The molecule has 0 amide bonds. The van der Waals surface area contributed by atoms with Gasteiger partial charge in [-0.2, -0.15) is 0 Å². The van der Waals surface area contributed by atoms with Gasteiger partial charge in [0.2, 0.25) is 0 Å². The Bertz CT molecular complexity index is 227. The Morgan fingerprint density at radius 2 is 2.25 bits per heavy atom. The SMILES string of the molecule is CCC1=CC2CC(=O)CC(C1)C2. The van der Waals surface area contributed by atoms with E-state index in [1.165, 1.54) is 19.3 Å². The van der Waals surface area contributed by atoms with Gasteiger partial charge in [0.1, 0.15) is 5.78 Å². The summed E-state index contributed by atoms with van der Waals surface area (Å²) in [5.74, 6) is 1.78. The molecule has 0 heterocycles. The molecule has 0 aromatic heterocycles. The van der Waals surface area contributed by atoms with Crippen molar-refractivity contribution in [2.24, 2.45) is 11.8 Å². The first kappa shape index (κ1) is 8.03. The molecule has 0 spiro atoms. The van der Waals surface area contributed by atoms with Crippen LogP contribution in [0.15, 0.2) is 11.6 Å². The molecule has 66 valence electrons. The predicted molar refractivity (Wildman–Crippen MR) is 48.8 cm³/mol. The molecule has 2 atom stereocenters. The molecule has 1 saturated carbocycles. The summed E-state index contributed by atoms with van der Waals surface area (Å²) in [6, 6.07) is 0. The van der Waals surface area contributed by atoms with Crippen LogP contribution < -0.4 is 0 Å². The lowest BCUT2D eigenvalue weighted by Gasteiger charge is -2.32. The molecule has 2 rings (SSSR count). The van der Waals surface area contributed by atoms with Crippen molar-refractivity contribution < 1.29 is 4.79 Å². The molecule has 0 aromatic carbocycles. The van der Waals surface area contributed by atoms with Crippen LogP contribution in [0.4, 0.5) is 0 Å². The number of carbonyl (C=O) groups is 1. The Balaban J connectivity index is 2.14. The molecule has 0 radical (unpaired) electrons. The Hall–Kier alpha value is -0.590. The van der Waals surface area contributed by atoms with Gasteiger partial charge in [0.15, 0.2) is 0 Å². The number of carbonyl (C=O) groups excluding carboxylic acids is 1. The lowest BCUT2D eigenvalue weighted by atomic mass is 9.72. The van der Waals surface area contributed by atoms with Gasteiger partial charge in [-0.05, 0) is 31.1 Å². The van der Waals surface area contributed by atoms with E-state index in [9.17, 15) is 4.79 Å². The minimum Gasteiger partial charge on any atom is -0.300 e. The zero-order valence-electron chi connectivity index (χ0n) is 7.68. The summed E-state index contributed by atoms with van der Waals surface area (Å²) in [5.41, 5.74) is 1.59. The maximum Gasteiger partial charge on any atom is 0.133 e. The lowest BCUT2D eigenvalue weighted by molar-refractivity contribution is -0.122. The van der Waals surface area contributed by atoms with Gasteiger partial charge in [0.05, 0.1) is 0 Å². The van der Waals surface area contributed by atoms with Crippen LogP contribution in [-0.4, -0.2) is 5.78 Å². The molecule has 2 aliphatic carbocycles. The summed E-state index contributed by atoms with van der Waals surface area (Å²) in [6.07, 6.45) is 7.68. The molecule has 1 fully saturated rings. The van der Waals surface area contributed by atoms with Gasteiger partial charge in [0, 0.05) is 12.8 Å². The van der Waals surface area contributed by atoms with Gasteiger partial charge >= 0.3 is 0 Å². The largest absolute Gasteiger partial charge is 0.300 e. The average Bonchev–Trinajstić information content (AvgIpc) is 2.02. The fourth-order valence-electron chi connectivity index (χ4n) is 2.61. The fourth-order valence-corrected chi connectivity index (χ4v) is 2.61. The van der Waals surface area contributed by atoms with Crippen molar-refractivity contribution in [3.63, 3.8) is 0 Å². The van der Waals surface area contributed by atoms with Crippen LogP contribution in [0.25, 0.3) is 0 Å². The molecular formula is C11H16O. The van der Waals surface area contributed by atoms with Gasteiger partial charge in [-0.15, -0.1) is 0 Å². The highest BCUT2D eigenvalue weighted by Gasteiger charge is 2.29. The molecule has 1 heteroatoms. The number of fused-ring (bicyclic) bond motifs is 2. The number of hydrogen-bond donors (Lipinski definition) is 0. The van der Waals surface area contributed by atoms with Crippen LogP contribution in [-0.2, 0) is 4.79 Å². The standard InChI is InChI=1S/C11H16O/c1-2-8-3-9-5-10(4-8)7-11(12)6-9/h3,9-10H,2,4-7H2,1H3. The van der Waals surface area contributed by atoms with E-state index in [1.807, 2.05) is 0 Å². The van der Waals surface area contributed by atoms with Gasteiger partial charge < -0.3 is 0 Å². The quantitative estimate of drug-likeness (QED) is 0.544. The van der Waals surface area contributed by atoms with Crippen LogP contribution in [0.5, 0.6) is 0 Å². The zero-order chi connectivity index (χ0) is 8.55. The first-order chi connectivity index (χ1) is 5.78. The van der Waals surface area contributed by atoms with Crippen LogP contribution in [0.3, 0.4) is 0 Å². The van der Waals surface area contributed by atoms with Crippen molar-refractivity contribution in [2.45, 2.75) is 39.0 Å². The van der Waals surface area contributed by atoms with Crippen molar-refractivity contribution in [2.75, 3.05) is 0 Å². The maximum absolute atomic E-state index is 11.2. The van der Waals surface area contributed by atoms with Gasteiger partial charge in [-0.3, -0.25) is 4.79 Å². The first-order valence-corrected chi connectivity index (χ1v) is 4.99. The Kier molecular flexibility index (Phi) is 2.03. The highest BCUT2D eigenvalue weighted by molar-refractivity contribution is 5.80. The fraction of sp³-hybridized carbons (Fsp3) is 0.727. The summed E-state index contributed by atoms with van der Waals surface area (Å²) < 4.78 is 0. The van der Waals surface area contributed by atoms with E-state index >= 15 is 0 Å². The number of hydrogen-bond acceptors (Lipinski definition) is 1. The molecule has 2 bridgehead atoms. The molecule has 2 unspecified atom stereocenters. The number of allylic oxidation sites excluding steroid dienone is 2. The van der Waals surface area contributed by atoms with Crippen LogP contribution in [0, 0.1) is 11.8 Å². The Labute approximate surface area is 73.8 Å². The van der Waals surface area contributed by atoms with E-state index in [4.69, 9.17) is 0 Å². The van der Waals surface area contributed by atoms with Crippen molar-refractivity contribution >= 4 is 5.78 Å². The van der Waals surface area contributed by atoms with E-state index in [0.29, 0.717) is 17.6 Å². The highest BCUT2D eigenvalue weighted by atomic mass is 16.1. The number of ketones is 1. The third kappa shape index (κ3) is 1.45. The van der Waals surface area contributed by atoms with Gasteiger partial charge in [-0.1, -0.05) is 18.6 Å². The van der Waals surface area contributed by atoms with Crippen molar-refractivity contribution in [1.29, 1.82) is 0 Å². The maximum atomic E-state index is 11.2. The molecule has 0 N–H and O–H groups in total. The molecule has 0 aliphatic heterocycles. The van der Waals surface area contributed by atoms with E-state index in [1.54, 1.807) is 5.57 Å². The van der Waals surface area contributed by atoms with E-state index in [-0.39, 0.29) is 0 Å². The Morgan fingerprint density at radius 1 is 1.42 bits per heavy atom. The monoisotopic (exact) mass is 164 g/mol.